The van der Waals surface area contributed by atoms with Gasteiger partial charge in [-0.3, -0.25) is 9.89 Å². The summed E-state index contributed by atoms with van der Waals surface area (Å²) >= 11 is 5.09. The Hall–Kier alpha value is -1.43. The number of fused-ring (bicyclic) bond motifs is 1. The van der Waals surface area contributed by atoms with Crippen molar-refractivity contribution in [2.75, 3.05) is 0 Å². The van der Waals surface area contributed by atoms with Gasteiger partial charge in [0.05, 0.1) is 0 Å². The van der Waals surface area contributed by atoms with Gasteiger partial charge in [-0.1, -0.05) is 20.8 Å². The normalized spacial score (nSPS) is 12.2. The van der Waals surface area contributed by atoms with Gasteiger partial charge in [0.1, 0.15) is 11.5 Å². The first-order valence-corrected chi connectivity index (χ1v) is 5.01. The van der Waals surface area contributed by atoms with E-state index in [9.17, 15) is 4.79 Å². The van der Waals surface area contributed by atoms with Gasteiger partial charge in [-0.25, -0.2) is 9.50 Å². The summed E-state index contributed by atoms with van der Waals surface area (Å²) in [7, 11) is 0. The number of nitrogens with one attached hydrogen (secondary N) is 2. The average Bonchev–Trinajstić information content (AvgIpc) is 2.44. The molecule has 0 radical (unpaired) electrons. The number of rotatable bonds is 0. The quantitative estimate of drug-likeness (QED) is 0.664. The molecule has 80 valence electrons. The zero-order chi connectivity index (χ0) is 11.2. The monoisotopic (exact) mass is 224 g/mol. The molecule has 6 heteroatoms. The topological polar surface area (TPSA) is 66.0 Å². The summed E-state index contributed by atoms with van der Waals surface area (Å²) in [6.07, 6.45) is 0. The highest BCUT2D eigenvalue weighted by Crippen LogP contribution is 2.17. The maximum atomic E-state index is 11.1. The zero-order valence-electron chi connectivity index (χ0n) is 8.79. The molecule has 2 aromatic heterocycles. The van der Waals surface area contributed by atoms with Crippen LogP contribution in [-0.4, -0.2) is 19.6 Å². The number of H-pyrrole nitrogens is 2. The molecule has 2 N–H and O–H groups in total. The number of nitrogens with zero attached hydrogens (tertiary/aromatic N) is 2. The van der Waals surface area contributed by atoms with Gasteiger partial charge in [-0.05, 0) is 12.2 Å². The van der Waals surface area contributed by atoms with Crippen molar-refractivity contribution in [2.24, 2.45) is 0 Å². The SMILES string of the molecule is CC(C)(C)c1nc(=S)n2[nH]c(=O)cc2[nH]1. The maximum absolute atomic E-state index is 11.1. The second-order valence-corrected chi connectivity index (χ2v) is 4.82. The van der Waals surface area contributed by atoms with E-state index in [4.69, 9.17) is 12.2 Å². The van der Waals surface area contributed by atoms with E-state index in [-0.39, 0.29) is 11.0 Å². The molecule has 15 heavy (non-hydrogen) atoms. The van der Waals surface area contributed by atoms with Crippen LogP contribution in [0.3, 0.4) is 0 Å². The van der Waals surface area contributed by atoms with Gasteiger partial charge in [-0.2, -0.15) is 0 Å². The molecular formula is C9H12N4OS. The summed E-state index contributed by atoms with van der Waals surface area (Å²) < 4.78 is 1.82. The van der Waals surface area contributed by atoms with Crippen molar-refractivity contribution in [3.05, 3.63) is 27.0 Å². The molecule has 2 aromatic rings. The van der Waals surface area contributed by atoms with Crippen molar-refractivity contribution in [2.45, 2.75) is 26.2 Å². The lowest BCUT2D eigenvalue weighted by atomic mass is 9.96. The molecule has 0 unspecified atom stereocenters. The zero-order valence-corrected chi connectivity index (χ0v) is 9.60. The van der Waals surface area contributed by atoms with Crippen LogP contribution in [0.1, 0.15) is 26.6 Å². The lowest BCUT2D eigenvalue weighted by Gasteiger charge is -2.17. The Balaban J connectivity index is 2.84. The Bertz CT molecular complexity index is 613. The largest absolute Gasteiger partial charge is 0.328 e. The first kappa shape index (κ1) is 10.1. The van der Waals surface area contributed by atoms with E-state index >= 15 is 0 Å². The van der Waals surface area contributed by atoms with E-state index in [0.29, 0.717) is 10.4 Å². The van der Waals surface area contributed by atoms with Crippen LogP contribution in [0.2, 0.25) is 0 Å². The summed E-state index contributed by atoms with van der Waals surface area (Å²) in [6.45, 7) is 6.09. The standard InChI is InChI=1S/C9H12N4OS/c1-9(2,3)7-10-5-4-6(14)12-13(5)8(15)11-7/h4H,1-3H3,(H,12,14)(H,10,11,15). The fourth-order valence-electron chi connectivity index (χ4n) is 1.28. The van der Waals surface area contributed by atoms with Crippen molar-refractivity contribution >= 4 is 17.9 Å². The Labute approximate surface area is 91.2 Å². The van der Waals surface area contributed by atoms with Crippen LogP contribution in [0.5, 0.6) is 0 Å². The van der Waals surface area contributed by atoms with E-state index in [1.807, 2.05) is 20.8 Å². The third-order valence-corrected chi connectivity index (χ3v) is 2.36. The van der Waals surface area contributed by atoms with Gasteiger partial charge in [0.15, 0.2) is 0 Å². The van der Waals surface area contributed by atoms with Gasteiger partial charge < -0.3 is 4.98 Å². The smallest absolute Gasteiger partial charge is 0.266 e. The van der Waals surface area contributed by atoms with E-state index < -0.39 is 0 Å². The molecule has 5 nitrogen and oxygen atoms in total. The Morgan fingerprint density at radius 3 is 2.73 bits per heavy atom. The molecule has 0 saturated heterocycles. The first-order valence-electron chi connectivity index (χ1n) is 4.60. The number of aromatic nitrogens is 4. The highest BCUT2D eigenvalue weighted by molar-refractivity contribution is 7.71. The van der Waals surface area contributed by atoms with Gasteiger partial charge in [0.2, 0.25) is 4.77 Å². The molecule has 0 fully saturated rings. The van der Waals surface area contributed by atoms with Crippen molar-refractivity contribution < 1.29 is 0 Å². The molecule has 2 rings (SSSR count). The van der Waals surface area contributed by atoms with Gasteiger partial charge in [-0.15, -0.1) is 0 Å². The summed E-state index contributed by atoms with van der Waals surface area (Å²) in [5.41, 5.74) is 0.331. The van der Waals surface area contributed by atoms with Crippen molar-refractivity contribution in [3.63, 3.8) is 0 Å². The van der Waals surface area contributed by atoms with E-state index in [1.54, 1.807) is 0 Å². The molecular weight excluding hydrogens is 212 g/mol. The Morgan fingerprint density at radius 1 is 1.47 bits per heavy atom. The van der Waals surface area contributed by atoms with Gasteiger partial charge in [0, 0.05) is 11.5 Å². The van der Waals surface area contributed by atoms with Crippen LogP contribution in [0, 0.1) is 4.77 Å². The molecule has 0 aromatic carbocycles. The van der Waals surface area contributed by atoms with E-state index in [1.165, 1.54) is 10.6 Å². The molecule has 0 aliphatic rings. The van der Waals surface area contributed by atoms with Crippen molar-refractivity contribution in [1.82, 2.24) is 19.6 Å². The number of hydrogen-bond acceptors (Lipinski definition) is 3. The van der Waals surface area contributed by atoms with Crippen molar-refractivity contribution in [3.8, 4) is 0 Å². The minimum absolute atomic E-state index is 0.122. The highest BCUT2D eigenvalue weighted by Gasteiger charge is 2.17. The number of aromatic amines is 2. The molecule has 0 aliphatic heterocycles. The highest BCUT2D eigenvalue weighted by atomic mass is 32.1. The first-order chi connectivity index (χ1) is 6.88. The minimum atomic E-state index is -0.190. The Kier molecular flexibility index (Phi) is 2.04. The minimum Gasteiger partial charge on any atom is -0.328 e. The molecule has 0 bridgehead atoms. The average molecular weight is 224 g/mol. The number of hydrogen-bond donors (Lipinski definition) is 2. The molecule has 2 heterocycles. The predicted octanol–water partition coefficient (Wildman–Crippen LogP) is 1.38. The van der Waals surface area contributed by atoms with Crippen LogP contribution in [0.25, 0.3) is 5.65 Å². The summed E-state index contributed by atoms with van der Waals surface area (Å²) in [4.78, 5) is 18.5. The van der Waals surface area contributed by atoms with Gasteiger partial charge >= 0.3 is 0 Å². The molecule has 0 amide bonds. The van der Waals surface area contributed by atoms with Gasteiger partial charge in [0.25, 0.3) is 5.56 Å². The van der Waals surface area contributed by atoms with Crippen LogP contribution in [-0.2, 0) is 5.41 Å². The summed E-state index contributed by atoms with van der Waals surface area (Å²) in [6, 6.07) is 1.46. The maximum Gasteiger partial charge on any atom is 0.266 e. The van der Waals surface area contributed by atoms with Crippen molar-refractivity contribution in [1.29, 1.82) is 0 Å². The fraction of sp³-hybridized carbons (Fsp3) is 0.444. The van der Waals surface area contributed by atoms with Crippen LogP contribution in [0.15, 0.2) is 10.9 Å². The third kappa shape index (κ3) is 1.72. The Morgan fingerprint density at radius 2 is 2.13 bits per heavy atom. The summed E-state index contributed by atoms with van der Waals surface area (Å²) in [5, 5.41) is 2.57. The van der Waals surface area contributed by atoms with Crippen LogP contribution >= 0.6 is 12.2 Å². The van der Waals surface area contributed by atoms with E-state index in [0.717, 1.165) is 5.82 Å². The van der Waals surface area contributed by atoms with Crippen LogP contribution in [0.4, 0.5) is 0 Å². The molecule has 0 saturated carbocycles. The molecule has 0 aliphatic carbocycles. The molecule has 0 atom stereocenters. The second kappa shape index (κ2) is 3.03. The van der Waals surface area contributed by atoms with E-state index in [2.05, 4.69) is 15.1 Å². The lowest BCUT2D eigenvalue weighted by molar-refractivity contribution is 0.540. The fourth-order valence-corrected chi connectivity index (χ4v) is 1.52. The third-order valence-electron chi connectivity index (χ3n) is 2.09. The summed E-state index contributed by atoms with van der Waals surface area (Å²) in [5.74, 6) is 0.770. The molecule has 0 spiro atoms. The van der Waals surface area contributed by atoms with Crippen LogP contribution < -0.4 is 5.56 Å². The second-order valence-electron chi connectivity index (χ2n) is 4.46. The lowest BCUT2D eigenvalue weighted by Crippen LogP contribution is -2.17. The predicted molar refractivity (Wildman–Crippen MR) is 59.7 cm³/mol.